The number of hydrogen-bond donors (Lipinski definition) is 1. The van der Waals surface area contributed by atoms with Crippen LogP contribution in [0.15, 0.2) is 10.6 Å². The van der Waals surface area contributed by atoms with Crippen molar-refractivity contribution < 1.29 is 9.32 Å². The number of nitrogens with zero attached hydrogens (tertiary/aromatic N) is 3. The van der Waals surface area contributed by atoms with Crippen molar-refractivity contribution in [3.63, 3.8) is 0 Å². The number of anilines is 1. The van der Waals surface area contributed by atoms with E-state index in [1.165, 1.54) is 0 Å². The van der Waals surface area contributed by atoms with Crippen molar-refractivity contribution >= 4 is 11.9 Å². The molecule has 0 bridgehead atoms. The first-order valence-electron chi connectivity index (χ1n) is 6.79. The van der Waals surface area contributed by atoms with Gasteiger partial charge in [0.15, 0.2) is 0 Å². The maximum absolute atomic E-state index is 12.5. The fraction of sp³-hybridized carbons (Fsp3) is 0.467. The lowest BCUT2D eigenvalue weighted by Gasteiger charge is -2.16. The maximum Gasteiger partial charge on any atom is 0.263 e. The Morgan fingerprint density at radius 2 is 1.71 bits per heavy atom. The van der Waals surface area contributed by atoms with E-state index in [0.29, 0.717) is 17.0 Å². The molecule has 0 saturated heterocycles. The molecule has 0 saturated carbocycles. The number of rotatable bonds is 2. The largest absolute Gasteiger partial charge is 0.361 e. The molecule has 2 aromatic rings. The third-order valence-electron chi connectivity index (χ3n) is 3.01. The Kier molecular flexibility index (Phi) is 3.80. The van der Waals surface area contributed by atoms with Crippen molar-refractivity contribution in [2.24, 2.45) is 0 Å². The van der Waals surface area contributed by atoms with Crippen LogP contribution in [-0.2, 0) is 5.41 Å². The number of nitrogens with one attached hydrogen (secondary N) is 1. The van der Waals surface area contributed by atoms with E-state index in [0.717, 1.165) is 11.4 Å². The summed E-state index contributed by atoms with van der Waals surface area (Å²) in [6.45, 7) is 11.4. The lowest BCUT2D eigenvalue weighted by atomic mass is 9.88. The summed E-state index contributed by atoms with van der Waals surface area (Å²) in [4.78, 5) is 20.9. The molecule has 1 amide bonds. The topological polar surface area (TPSA) is 80.9 Å². The van der Waals surface area contributed by atoms with Gasteiger partial charge < -0.3 is 4.52 Å². The van der Waals surface area contributed by atoms with Gasteiger partial charge in [0.2, 0.25) is 5.95 Å². The highest BCUT2D eigenvalue weighted by Crippen LogP contribution is 2.27. The molecule has 6 nitrogen and oxygen atoms in total. The van der Waals surface area contributed by atoms with Crippen molar-refractivity contribution in [1.29, 1.82) is 0 Å². The van der Waals surface area contributed by atoms with E-state index in [2.05, 4.69) is 20.4 Å². The van der Waals surface area contributed by atoms with E-state index in [1.807, 2.05) is 40.7 Å². The Hall–Kier alpha value is -2.24. The molecule has 0 fully saturated rings. The normalized spacial score (nSPS) is 11.5. The van der Waals surface area contributed by atoms with Gasteiger partial charge in [-0.2, -0.15) is 0 Å². The molecular weight excluding hydrogens is 268 g/mol. The van der Waals surface area contributed by atoms with E-state index >= 15 is 0 Å². The van der Waals surface area contributed by atoms with Gasteiger partial charge in [-0.3, -0.25) is 10.1 Å². The van der Waals surface area contributed by atoms with Gasteiger partial charge in [-0.25, -0.2) is 9.97 Å². The van der Waals surface area contributed by atoms with Crippen LogP contribution in [0.4, 0.5) is 5.95 Å². The maximum atomic E-state index is 12.5. The second kappa shape index (κ2) is 5.27. The monoisotopic (exact) mass is 288 g/mol. The number of aromatic nitrogens is 3. The summed E-state index contributed by atoms with van der Waals surface area (Å²) in [5.41, 5.74) is 2.40. The van der Waals surface area contributed by atoms with Crippen LogP contribution in [0, 0.1) is 20.8 Å². The molecule has 0 aliphatic rings. The number of carbonyl (C=O) groups excluding carboxylic acids is 1. The Labute approximate surface area is 124 Å². The van der Waals surface area contributed by atoms with Gasteiger partial charge in [-0.15, -0.1) is 0 Å². The van der Waals surface area contributed by atoms with Crippen LogP contribution in [0.3, 0.4) is 0 Å². The summed E-state index contributed by atoms with van der Waals surface area (Å²) in [5, 5.41) is 6.73. The molecule has 0 atom stereocenters. The van der Waals surface area contributed by atoms with E-state index in [-0.39, 0.29) is 17.3 Å². The molecule has 0 aliphatic carbocycles. The first-order chi connectivity index (χ1) is 9.68. The average Bonchev–Trinajstić information content (AvgIpc) is 2.69. The highest BCUT2D eigenvalue weighted by molar-refractivity contribution is 6.05. The zero-order valence-electron chi connectivity index (χ0n) is 13.2. The Balaban J connectivity index is 2.35. The van der Waals surface area contributed by atoms with Crippen molar-refractivity contribution in [2.75, 3.05) is 5.32 Å². The Morgan fingerprint density at radius 1 is 1.14 bits per heavy atom. The first-order valence-corrected chi connectivity index (χ1v) is 6.79. The number of carbonyl (C=O) groups is 1. The fourth-order valence-corrected chi connectivity index (χ4v) is 2.10. The summed E-state index contributed by atoms with van der Waals surface area (Å²) >= 11 is 0. The van der Waals surface area contributed by atoms with Crippen LogP contribution in [0.2, 0.25) is 0 Å². The van der Waals surface area contributed by atoms with Crippen LogP contribution in [0.25, 0.3) is 0 Å². The minimum atomic E-state index is -0.302. The number of amides is 1. The summed E-state index contributed by atoms with van der Waals surface area (Å²) in [5.74, 6) is 0.475. The molecule has 2 aromatic heterocycles. The third-order valence-corrected chi connectivity index (χ3v) is 3.01. The molecule has 6 heteroatoms. The highest BCUT2D eigenvalue weighted by atomic mass is 16.5. The summed E-state index contributed by atoms with van der Waals surface area (Å²) < 4.78 is 5.18. The summed E-state index contributed by atoms with van der Waals surface area (Å²) in [7, 11) is 0. The van der Waals surface area contributed by atoms with Gasteiger partial charge in [0.25, 0.3) is 5.91 Å². The number of aryl methyl sites for hydroxylation is 3. The lowest BCUT2D eigenvalue weighted by molar-refractivity contribution is 0.102. The fourth-order valence-electron chi connectivity index (χ4n) is 2.10. The van der Waals surface area contributed by atoms with Gasteiger partial charge in [0.1, 0.15) is 17.0 Å². The van der Waals surface area contributed by atoms with E-state index in [4.69, 9.17) is 4.52 Å². The molecule has 2 heterocycles. The predicted octanol–water partition coefficient (Wildman–Crippen LogP) is 2.94. The van der Waals surface area contributed by atoms with Gasteiger partial charge in [0, 0.05) is 16.8 Å². The molecule has 0 aliphatic heterocycles. The van der Waals surface area contributed by atoms with Crippen LogP contribution in [0.5, 0.6) is 0 Å². The van der Waals surface area contributed by atoms with Gasteiger partial charge in [0.05, 0.1) is 0 Å². The molecule has 0 spiro atoms. The molecule has 0 unspecified atom stereocenters. The summed E-state index contributed by atoms with van der Waals surface area (Å²) in [6.07, 6.45) is 0. The van der Waals surface area contributed by atoms with Gasteiger partial charge in [-0.05, 0) is 26.8 Å². The summed E-state index contributed by atoms with van der Waals surface area (Å²) in [6, 6.07) is 1.85. The van der Waals surface area contributed by atoms with Crippen LogP contribution in [0.1, 0.15) is 54.0 Å². The SMILES string of the molecule is Cc1cc(C)nc(NC(=O)c2c(C(C)(C)C)noc2C)n1. The standard InChI is InChI=1S/C15H20N4O2/c1-8-7-9(2)17-14(16-8)18-13(20)11-10(3)21-19-12(11)15(4,5)6/h7H,1-6H3,(H,16,17,18,20). The smallest absolute Gasteiger partial charge is 0.263 e. The van der Waals surface area contributed by atoms with Crippen molar-refractivity contribution in [3.05, 3.63) is 34.5 Å². The molecule has 2 rings (SSSR count). The highest BCUT2D eigenvalue weighted by Gasteiger charge is 2.29. The minimum absolute atomic E-state index is 0.284. The lowest BCUT2D eigenvalue weighted by Crippen LogP contribution is -2.22. The minimum Gasteiger partial charge on any atom is -0.361 e. The van der Waals surface area contributed by atoms with E-state index in [1.54, 1.807) is 6.92 Å². The molecule has 0 radical (unpaired) electrons. The van der Waals surface area contributed by atoms with E-state index < -0.39 is 0 Å². The van der Waals surface area contributed by atoms with Crippen LogP contribution >= 0.6 is 0 Å². The number of hydrogen-bond acceptors (Lipinski definition) is 5. The Bertz CT molecular complexity index is 663. The van der Waals surface area contributed by atoms with Gasteiger partial charge >= 0.3 is 0 Å². The quantitative estimate of drug-likeness (QED) is 0.918. The molecular formula is C15H20N4O2. The van der Waals surface area contributed by atoms with Crippen LogP contribution < -0.4 is 5.32 Å². The third kappa shape index (κ3) is 3.26. The first kappa shape index (κ1) is 15.2. The zero-order valence-corrected chi connectivity index (χ0v) is 13.2. The van der Waals surface area contributed by atoms with Gasteiger partial charge in [-0.1, -0.05) is 25.9 Å². The second-order valence-corrected chi connectivity index (χ2v) is 6.14. The van der Waals surface area contributed by atoms with Crippen LogP contribution in [-0.4, -0.2) is 21.0 Å². The zero-order chi connectivity index (χ0) is 15.8. The molecule has 1 N–H and O–H groups in total. The average molecular weight is 288 g/mol. The van der Waals surface area contributed by atoms with Crippen molar-refractivity contribution in [3.8, 4) is 0 Å². The molecule has 21 heavy (non-hydrogen) atoms. The van der Waals surface area contributed by atoms with E-state index in [9.17, 15) is 4.79 Å². The molecule has 0 aromatic carbocycles. The molecule has 112 valence electrons. The second-order valence-electron chi connectivity index (χ2n) is 6.14. The van der Waals surface area contributed by atoms with Crippen molar-refractivity contribution in [2.45, 2.75) is 47.0 Å². The predicted molar refractivity (Wildman–Crippen MR) is 79.4 cm³/mol. The van der Waals surface area contributed by atoms with Crippen molar-refractivity contribution in [1.82, 2.24) is 15.1 Å². The Morgan fingerprint density at radius 3 is 2.24 bits per heavy atom.